The van der Waals surface area contributed by atoms with Gasteiger partial charge in [0.1, 0.15) is 12.2 Å². The Hall–Kier alpha value is -6.41. The third kappa shape index (κ3) is 7.99. The van der Waals surface area contributed by atoms with Crippen molar-refractivity contribution in [3.63, 3.8) is 0 Å². The van der Waals surface area contributed by atoms with Crippen LogP contribution in [0.2, 0.25) is 0 Å². The number of H-pyrrole nitrogens is 1. The van der Waals surface area contributed by atoms with Gasteiger partial charge in [-0.15, -0.1) is 0 Å². The number of aromatic nitrogens is 5. The van der Waals surface area contributed by atoms with E-state index in [-0.39, 0.29) is 35.8 Å². The SMILES string of the molecule is Cc1cc(-c2n[nH]c3ncc(-c4ccc(N5CCN(CCc6ccc(N7CC(=O)NC7=O)cc6)CC5)cc4)cc23)ccc1[C@@H](C)NC(=O)c1nc(C(C)(C)C)no1. The average molecular weight is 767 g/mol. The van der Waals surface area contributed by atoms with Crippen LogP contribution in [0, 0.1) is 6.92 Å². The van der Waals surface area contributed by atoms with Crippen molar-refractivity contribution in [1.82, 2.24) is 40.9 Å². The van der Waals surface area contributed by atoms with Crippen LogP contribution in [0.5, 0.6) is 0 Å². The quantitative estimate of drug-likeness (QED) is 0.137. The maximum absolute atomic E-state index is 12.9. The number of fused-ring (bicyclic) bond motifs is 1. The standard InChI is InChI=1S/C43H46N10O4/c1-26-22-30(10-15-34(26)27(2)45-39(55)40-47-41(50-57-40)43(3,4)5)37-35-23-31(24-44-38(35)49-48-37)29-8-13-32(14-9-29)52-20-18-51(19-21-52)17-16-28-6-11-33(12-7-28)53-25-36(54)46-42(53)56/h6-15,22-24,27H,16-21,25H2,1-5H3,(H,45,55)(H,44,48,49)(H,46,54,56)/t27-/m1/s1. The van der Waals surface area contributed by atoms with Gasteiger partial charge in [0.15, 0.2) is 11.5 Å². The minimum Gasteiger partial charge on any atom is -0.369 e. The van der Waals surface area contributed by atoms with Gasteiger partial charge in [-0.3, -0.25) is 29.8 Å². The maximum Gasteiger partial charge on any atom is 0.329 e. The molecule has 3 aromatic heterocycles. The molecule has 2 aliphatic heterocycles. The first-order valence-electron chi connectivity index (χ1n) is 19.3. The monoisotopic (exact) mass is 766 g/mol. The number of nitrogens with zero attached hydrogens (tertiary/aromatic N) is 7. The van der Waals surface area contributed by atoms with Crippen LogP contribution in [0.1, 0.15) is 66.9 Å². The lowest BCUT2D eigenvalue weighted by Gasteiger charge is -2.36. The van der Waals surface area contributed by atoms with E-state index in [2.05, 4.69) is 77.2 Å². The van der Waals surface area contributed by atoms with Gasteiger partial charge < -0.3 is 14.7 Å². The highest BCUT2D eigenvalue weighted by molar-refractivity contribution is 6.12. The molecule has 0 unspecified atom stereocenters. The van der Waals surface area contributed by atoms with Crippen LogP contribution in [-0.2, 0) is 16.6 Å². The lowest BCUT2D eigenvalue weighted by molar-refractivity contribution is -0.117. The summed E-state index contributed by atoms with van der Waals surface area (Å²) in [5.74, 6) is -0.251. The smallest absolute Gasteiger partial charge is 0.329 e. The van der Waals surface area contributed by atoms with E-state index in [1.54, 1.807) is 0 Å². The molecule has 2 fully saturated rings. The minimum absolute atomic E-state index is 0.0501. The maximum atomic E-state index is 12.9. The number of urea groups is 1. The van der Waals surface area contributed by atoms with Crippen molar-refractivity contribution in [3.8, 4) is 22.4 Å². The highest BCUT2D eigenvalue weighted by Gasteiger charge is 2.28. The molecule has 0 radical (unpaired) electrons. The number of hydrogen-bond acceptors (Lipinski definition) is 10. The molecule has 5 heterocycles. The van der Waals surface area contributed by atoms with Gasteiger partial charge in [0.05, 0.1) is 6.04 Å². The molecule has 0 bridgehead atoms. The van der Waals surface area contributed by atoms with Crippen molar-refractivity contribution in [3.05, 3.63) is 107 Å². The van der Waals surface area contributed by atoms with Gasteiger partial charge in [-0.1, -0.05) is 62.3 Å². The summed E-state index contributed by atoms with van der Waals surface area (Å²) < 4.78 is 5.23. The predicted molar refractivity (Wildman–Crippen MR) is 218 cm³/mol. The molecule has 3 aromatic carbocycles. The van der Waals surface area contributed by atoms with Gasteiger partial charge in [-0.05, 0) is 78.9 Å². The Labute approximate surface area is 330 Å². The predicted octanol–water partition coefficient (Wildman–Crippen LogP) is 6.19. The number of aryl methyl sites for hydroxylation is 1. The van der Waals surface area contributed by atoms with Crippen molar-refractivity contribution in [2.45, 2.75) is 52.5 Å². The first kappa shape index (κ1) is 37.5. The molecular weight excluding hydrogens is 721 g/mol. The number of benzene rings is 3. The van der Waals surface area contributed by atoms with Crippen molar-refractivity contribution in [2.75, 3.05) is 49.1 Å². The Morgan fingerprint density at radius 2 is 1.63 bits per heavy atom. The van der Waals surface area contributed by atoms with Crippen LogP contribution >= 0.6 is 0 Å². The van der Waals surface area contributed by atoms with E-state index in [1.165, 1.54) is 16.2 Å². The first-order valence-corrected chi connectivity index (χ1v) is 19.3. The Morgan fingerprint density at radius 1 is 0.912 bits per heavy atom. The second-order valence-corrected chi connectivity index (χ2v) is 15.9. The summed E-state index contributed by atoms with van der Waals surface area (Å²) in [6.07, 6.45) is 2.80. The van der Waals surface area contributed by atoms with E-state index < -0.39 is 5.91 Å². The van der Waals surface area contributed by atoms with Crippen LogP contribution in [0.3, 0.4) is 0 Å². The summed E-state index contributed by atoms with van der Waals surface area (Å²) in [7, 11) is 0. The molecule has 57 heavy (non-hydrogen) atoms. The fraction of sp³-hybridized carbons (Fsp3) is 0.326. The number of pyridine rings is 1. The number of piperazine rings is 1. The van der Waals surface area contributed by atoms with Crippen molar-refractivity contribution < 1.29 is 18.9 Å². The molecule has 2 saturated heterocycles. The molecule has 0 aliphatic carbocycles. The third-order valence-electron chi connectivity index (χ3n) is 10.8. The van der Waals surface area contributed by atoms with Crippen LogP contribution in [-0.4, -0.2) is 87.3 Å². The van der Waals surface area contributed by atoms with E-state index >= 15 is 0 Å². The molecule has 0 spiro atoms. The highest BCUT2D eigenvalue weighted by Crippen LogP contribution is 2.32. The second kappa shape index (κ2) is 15.3. The summed E-state index contributed by atoms with van der Waals surface area (Å²) in [4.78, 5) is 51.8. The number of nitrogens with one attached hydrogen (secondary N) is 3. The van der Waals surface area contributed by atoms with Crippen molar-refractivity contribution in [2.24, 2.45) is 0 Å². The van der Waals surface area contributed by atoms with Gasteiger partial charge >= 0.3 is 17.8 Å². The number of imide groups is 1. The molecular formula is C43H46N10O4. The van der Waals surface area contributed by atoms with Crippen LogP contribution < -0.4 is 20.4 Å². The number of hydrogen-bond donors (Lipinski definition) is 3. The Bertz CT molecular complexity index is 2440. The summed E-state index contributed by atoms with van der Waals surface area (Å²) in [5.41, 5.74) is 9.36. The molecule has 4 amide bonds. The molecule has 14 nitrogen and oxygen atoms in total. The molecule has 14 heteroatoms. The molecule has 8 rings (SSSR count). The molecule has 1 atom stereocenters. The zero-order chi connectivity index (χ0) is 39.8. The minimum atomic E-state index is -0.411. The second-order valence-electron chi connectivity index (χ2n) is 15.9. The molecule has 6 aromatic rings. The fourth-order valence-electron chi connectivity index (χ4n) is 7.42. The largest absolute Gasteiger partial charge is 0.369 e. The molecule has 2 aliphatic rings. The van der Waals surface area contributed by atoms with E-state index in [1.807, 2.05) is 77.2 Å². The van der Waals surface area contributed by atoms with E-state index in [9.17, 15) is 14.4 Å². The lowest BCUT2D eigenvalue weighted by atomic mass is 9.96. The van der Waals surface area contributed by atoms with Crippen molar-refractivity contribution in [1.29, 1.82) is 0 Å². The third-order valence-corrected chi connectivity index (χ3v) is 10.8. The van der Waals surface area contributed by atoms with Gasteiger partial charge in [0.25, 0.3) is 0 Å². The normalized spacial score (nSPS) is 15.7. The fourth-order valence-corrected chi connectivity index (χ4v) is 7.42. The summed E-state index contributed by atoms with van der Waals surface area (Å²) in [5, 5.41) is 17.9. The van der Waals surface area contributed by atoms with Crippen LogP contribution in [0.4, 0.5) is 16.2 Å². The number of carbonyl (C=O) groups excluding carboxylic acids is 3. The Balaban J connectivity index is 0.872. The summed E-state index contributed by atoms with van der Waals surface area (Å²) in [6.45, 7) is 14.7. The zero-order valence-corrected chi connectivity index (χ0v) is 32.8. The van der Waals surface area contributed by atoms with E-state index in [0.717, 1.165) is 83.7 Å². The first-order chi connectivity index (χ1) is 27.4. The summed E-state index contributed by atoms with van der Waals surface area (Å²) >= 11 is 0. The van der Waals surface area contributed by atoms with Gasteiger partial charge in [0, 0.05) is 72.2 Å². The lowest BCUT2D eigenvalue weighted by Crippen LogP contribution is -2.47. The average Bonchev–Trinajstić information content (AvgIpc) is 3.96. The van der Waals surface area contributed by atoms with Crippen molar-refractivity contribution >= 4 is 40.3 Å². The van der Waals surface area contributed by atoms with E-state index in [0.29, 0.717) is 11.5 Å². The van der Waals surface area contributed by atoms with Crippen LogP contribution in [0.15, 0.2) is 83.5 Å². The van der Waals surface area contributed by atoms with Gasteiger partial charge in [0.2, 0.25) is 5.91 Å². The Morgan fingerprint density at radius 3 is 2.30 bits per heavy atom. The topological polar surface area (TPSA) is 165 Å². The van der Waals surface area contributed by atoms with Gasteiger partial charge in [-0.25, -0.2) is 9.78 Å². The number of carbonyl (C=O) groups is 3. The molecule has 3 N–H and O–H groups in total. The van der Waals surface area contributed by atoms with Crippen LogP contribution in [0.25, 0.3) is 33.4 Å². The highest BCUT2D eigenvalue weighted by atomic mass is 16.5. The van der Waals surface area contributed by atoms with Gasteiger partial charge in [-0.2, -0.15) is 10.1 Å². The number of aromatic amines is 1. The number of anilines is 2. The zero-order valence-electron chi connectivity index (χ0n) is 32.8. The van der Waals surface area contributed by atoms with E-state index in [4.69, 9.17) is 9.51 Å². The molecule has 292 valence electrons. The Kier molecular flexibility index (Phi) is 10.0. The summed E-state index contributed by atoms with van der Waals surface area (Å²) in [6, 6.07) is 24.2. The number of amides is 4. The number of rotatable bonds is 10. The molecule has 0 saturated carbocycles.